The molecule has 0 unspecified atom stereocenters. The van der Waals surface area contributed by atoms with E-state index in [-0.39, 0.29) is 12.5 Å². The molecular weight excluding hydrogens is 603 g/mol. The van der Waals surface area contributed by atoms with Gasteiger partial charge in [0.05, 0.1) is 5.56 Å². The molecule has 2 aromatic carbocycles. The van der Waals surface area contributed by atoms with Crippen molar-refractivity contribution in [3.05, 3.63) is 96.3 Å². The fraction of sp³-hybridized carbons (Fsp3) is 0.417. The van der Waals surface area contributed by atoms with Crippen molar-refractivity contribution in [2.45, 2.75) is 63.7 Å². The molecule has 3 heterocycles. The molecular formula is C36H42F3N7O. The summed E-state index contributed by atoms with van der Waals surface area (Å²) in [4.78, 5) is 28.0. The summed E-state index contributed by atoms with van der Waals surface area (Å²) in [5, 5.41) is 6.40. The van der Waals surface area contributed by atoms with E-state index < -0.39 is 17.8 Å². The van der Waals surface area contributed by atoms with Crippen LogP contribution in [0.4, 0.5) is 30.6 Å². The predicted molar refractivity (Wildman–Crippen MR) is 179 cm³/mol. The molecule has 0 radical (unpaired) electrons. The standard InChI is InChI=1S/C36H42F3N7O/c37-36(38,39)29-16-13-28(14-17-29)26-40-34(47)31(18-15-27-9-3-1-4-10-27)41-32-25-33(45-19-7-8-20-45)43-35(42-32)46-23-21-44(22-24-46)30-11-5-2-6-12-30/h2,5-8,11-14,16-17,19-20,25,27,31H,1,3-4,9-10,15,18,21-24,26H2,(H,40,47)(H,41,42,43)/t31-/m1/s1. The second-order valence-electron chi connectivity index (χ2n) is 12.5. The van der Waals surface area contributed by atoms with Crippen molar-refractivity contribution in [3.63, 3.8) is 0 Å². The number of anilines is 3. The average Bonchev–Trinajstić information content (AvgIpc) is 3.65. The fourth-order valence-electron chi connectivity index (χ4n) is 6.51. The first-order valence-electron chi connectivity index (χ1n) is 16.6. The zero-order valence-corrected chi connectivity index (χ0v) is 26.5. The highest BCUT2D eigenvalue weighted by Crippen LogP contribution is 2.30. The lowest BCUT2D eigenvalue weighted by Crippen LogP contribution is -2.47. The molecule has 1 amide bonds. The van der Waals surface area contributed by atoms with Crippen LogP contribution in [0, 0.1) is 5.92 Å². The molecule has 1 saturated heterocycles. The van der Waals surface area contributed by atoms with Gasteiger partial charge in [0.25, 0.3) is 0 Å². The highest BCUT2D eigenvalue weighted by molar-refractivity contribution is 5.84. The highest BCUT2D eigenvalue weighted by Gasteiger charge is 2.30. The van der Waals surface area contributed by atoms with Gasteiger partial charge >= 0.3 is 6.18 Å². The zero-order valence-electron chi connectivity index (χ0n) is 26.5. The van der Waals surface area contributed by atoms with Crippen LogP contribution in [-0.4, -0.2) is 52.7 Å². The first-order valence-corrected chi connectivity index (χ1v) is 16.6. The van der Waals surface area contributed by atoms with Gasteiger partial charge in [0.2, 0.25) is 11.9 Å². The Morgan fingerprint density at radius 2 is 1.53 bits per heavy atom. The quantitative estimate of drug-likeness (QED) is 0.182. The molecule has 1 atom stereocenters. The van der Waals surface area contributed by atoms with Gasteiger partial charge in [-0.1, -0.05) is 62.4 Å². The van der Waals surface area contributed by atoms with Gasteiger partial charge in [0, 0.05) is 56.9 Å². The maximum atomic E-state index is 13.7. The van der Waals surface area contributed by atoms with Crippen molar-refractivity contribution in [2.24, 2.45) is 5.92 Å². The molecule has 248 valence electrons. The number of hydrogen-bond acceptors (Lipinski definition) is 6. The van der Waals surface area contributed by atoms with E-state index in [0.29, 0.717) is 35.5 Å². The topological polar surface area (TPSA) is 78.3 Å². The van der Waals surface area contributed by atoms with E-state index in [0.717, 1.165) is 44.7 Å². The summed E-state index contributed by atoms with van der Waals surface area (Å²) in [5.41, 5.74) is 1.09. The lowest BCUT2D eigenvalue weighted by Gasteiger charge is -2.36. The van der Waals surface area contributed by atoms with Gasteiger partial charge in [-0.2, -0.15) is 23.1 Å². The van der Waals surface area contributed by atoms with Crippen LogP contribution in [0.1, 0.15) is 56.1 Å². The number of para-hydroxylation sites is 1. The monoisotopic (exact) mass is 645 g/mol. The minimum atomic E-state index is -4.40. The number of nitrogens with one attached hydrogen (secondary N) is 2. The van der Waals surface area contributed by atoms with E-state index in [1.54, 1.807) is 0 Å². The van der Waals surface area contributed by atoms with Gasteiger partial charge in [-0.15, -0.1) is 0 Å². The number of benzene rings is 2. The molecule has 2 N–H and O–H groups in total. The molecule has 2 aliphatic rings. The van der Waals surface area contributed by atoms with E-state index in [4.69, 9.17) is 9.97 Å². The van der Waals surface area contributed by atoms with Crippen LogP contribution < -0.4 is 20.4 Å². The third kappa shape index (κ3) is 8.64. The van der Waals surface area contributed by atoms with Gasteiger partial charge in [0.1, 0.15) is 17.7 Å². The molecule has 6 rings (SSSR count). The summed E-state index contributed by atoms with van der Waals surface area (Å²) >= 11 is 0. The predicted octanol–water partition coefficient (Wildman–Crippen LogP) is 7.07. The first kappa shape index (κ1) is 32.4. The Bertz CT molecular complexity index is 1560. The first-order chi connectivity index (χ1) is 22.8. The molecule has 1 aliphatic carbocycles. The van der Waals surface area contributed by atoms with Crippen LogP contribution >= 0.6 is 0 Å². The third-order valence-electron chi connectivity index (χ3n) is 9.23. The van der Waals surface area contributed by atoms with Crippen molar-refractivity contribution < 1.29 is 18.0 Å². The molecule has 0 bridgehead atoms. The summed E-state index contributed by atoms with van der Waals surface area (Å²) in [7, 11) is 0. The van der Waals surface area contributed by atoms with E-state index >= 15 is 0 Å². The third-order valence-corrected chi connectivity index (χ3v) is 9.23. The number of carbonyl (C=O) groups is 1. The second-order valence-corrected chi connectivity index (χ2v) is 12.5. The molecule has 4 aromatic rings. The molecule has 2 aromatic heterocycles. The Balaban J connectivity index is 1.19. The van der Waals surface area contributed by atoms with Gasteiger partial charge in [0.15, 0.2) is 0 Å². The van der Waals surface area contributed by atoms with Crippen LogP contribution in [0.25, 0.3) is 5.82 Å². The number of alkyl halides is 3. The van der Waals surface area contributed by atoms with Crippen LogP contribution in [0.15, 0.2) is 85.2 Å². The summed E-state index contributed by atoms with van der Waals surface area (Å²) in [6.07, 6.45) is 7.03. The largest absolute Gasteiger partial charge is 0.416 e. The Morgan fingerprint density at radius 3 is 2.21 bits per heavy atom. The van der Waals surface area contributed by atoms with Crippen LogP contribution in [0.5, 0.6) is 0 Å². The highest BCUT2D eigenvalue weighted by atomic mass is 19.4. The fourth-order valence-corrected chi connectivity index (χ4v) is 6.51. The second kappa shape index (κ2) is 14.9. The van der Waals surface area contributed by atoms with Crippen LogP contribution in [0.2, 0.25) is 0 Å². The Hall–Kier alpha value is -4.54. The van der Waals surface area contributed by atoms with Crippen LogP contribution in [-0.2, 0) is 17.5 Å². The van der Waals surface area contributed by atoms with Crippen LogP contribution in [0.3, 0.4) is 0 Å². The van der Waals surface area contributed by atoms with E-state index in [9.17, 15) is 18.0 Å². The van der Waals surface area contributed by atoms with Gasteiger partial charge in [-0.3, -0.25) is 4.79 Å². The summed E-state index contributed by atoms with van der Waals surface area (Å²) in [6, 6.07) is 20.4. The Morgan fingerprint density at radius 1 is 0.851 bits per heavy atom. The van der Waals surface area contributed by atoms with Crippen molar-refractivity contribution in [2.75, 3.05) is 41.3 Å². The van der Waals surface area contributed by atoms with E-state index in [1.165, 1.54) is 49.9 Å². The zero-order chi connectivity index (χ0) is 32.6. The molecule has 0 spiro atoms. The summed E-state index contributed by atoms with van der Waals surface area (Å²) < 4.78 is 41.1. The van der Waals surface area contributed by atoms with Crippen molar-refractivity contribution in [3.8, 4) is 5.82 Å². The molecule has 11 heteroatoms. The smallest absolute Gasteiger partial charge is 0.368 e. The minimum absolute atomic E-state index is 0.133. The van der Waals surface area contributed by atoms with Gasteiger partial charge in [-0.25, -0.2) is 0 Å². The lowest BCUT2D eigenvalue weighted by atomic mass is 9.85. The van der Waals surface area contributed by atoms with Crippen molar-refractivity contribution >= 4 is 23.4 Å². The van der Waals surface area contributed by atoms with Crippen molar-refractivity contribution in [1.29, 1.82) is 0 Å². The number of amides is 1. The number of carbonyl (C=O) groups excluding carboxylic acids is 1. The number of nitrogens with zero attached hydrogens (tertiary/aromatic N) is 5. The summed E-state index contributed by atoms with van der Waals surface area (Å²) in [5.74, 6) is 2.22. The Labute approximate surface area is 274 Å². The van der Waals surface area contributed by atoms with Gasteiger partial charge < -0.3 is 25.0 Å². The molecule has 47 heavy (non-hydrogen) atoms. The van der Waals surface area contributed by atoms with E-state index in [2.05, 4.69) is 32.6 Å². The maximum Gasteiger partial charge on any atom is 0.416 e. The minimum Gasteiger partial charge on any atom is -0.368 e. The number of aromatic nitrogens is 3. The van der Waals surface area contributed by atoms with Crippen molar-refractivity contribution in [1.82, 2.24) is 19.9 Å². The molecule has 8 nitrogen and oxygen atoms in total. The number of hydrogen-bond donors (Lipinski definition) is 2. The average molecular weight is 646 g/mol. The normalized spacial score (nSPS) is 16.6. The number of piperazine rings is 1. The summed E-state index contributed by atoms with van der Waals surface area (Å²) in [6.45, 7) is 3.30. The number of rotatable bonds is 11. The molecule has 2 fully saturated rings. The lowest BCUT2D eigenvalue weighted by molar-refractivity contribution is -0.137. The Kier molecular flexibility index (Phi) is 10.3. The maximum absolute atomic E-state index is 13.7. The SMILES string of the molecule is O=C(NCc1ccc(C(F)(F)F)cc1)[C@@H](CCC1CCCCC1)Nc1cc(-n2cccc2)nc(N2CCN(c3ccccc3)CC2)n1. The molecule has 1 saturated carbocycles. The molecule has 1 aliphatic heterocycles. The van der Waals surface area contributed by atoms with E-state index in [1.807, 2.05) is 53.4 Å². The van der Waals surface area contributed by atoms with Gasteiger partial charge in [-0.05, 0) is 60.7 Å². The number of halogens is 3.